The van der Waals surface area contributed by atoms with Gasteiger partial charge in [0.25, 0.3) is 0 Å². The lowest BCUT2D eigenvalue weighted by molar-refractivity contribution is -0.113. The minimum Gasteiger partial charge on any atom is -0.422 e. The molecule has 9 heteroatoms. The number of nitrogen functional groups attached to an aromatic ring is 1. The van der Waals surface area contributed by atoms with Gasteiger partial charge in [0.1, 0.15) is 5.69 Å². The Hall–Kier alpha value is -2.84. The van der Waals surface area contributed by atoms with Gasteiger partial charge in [-0.15, -0.1) is 4.73 Å². The predicted octanol–water partition coefficient (Wildman–Crippen LogP) is -1.22. The van der Waals surface area contributed by atoms with Gasteiger partial charge in [-0.3, -0.25) is 14.4 Å². The van der Waals surface area contributed by atoms with Crippen molar-refractivity contribution in [3.63, 3.8) is 0 Å². The van der Waals surface area contributed by atoms with Crippen LogP contribution in [0.2, 0.25) is 0 Å². The number of aromatic nitrogens is 4. The van der Waals surface area contributed by atoms with Crippen molar-refractivity contribution < 1.29 is 14.8 Å². The Morgan fingerprint density at radius 2 is 2.06 bits per heavy atom. The van der Waals surface area contributed by atoms with E-state index in [1.807, 2.05) is 0 Å². The Bertz CT molecular complexity index is 736. The van der Waals surface area contributed by atoms with Crippen molar-refractivity contribution in [2.24, 2.45) is 0 Å². The molecule has 0 aliphatic heterocycles. The molecule has 2 heterocycles. The molecule has 0 saturated carbocycles. The fourth-order valence-electron chi connectivity index (χ4n) is 1.26. The molecule has 0 bridgehead atoms. The highest BCUT2D eigenvalue weighted by Gasteiger charge is 2.17. The smallest absolute Gasteiger partial charge is 0.316 e. The van der Waals surface area contributed by atoms with Crippen molar-refractivity contribution in [1.29, 1.82) is 0 Å². The third-order valence-electron chi connectivity index (χ3n) is 2.14. The van der Waals surface area contributed by atoms with Crippen LogP contribution < -0.4 is 11.3 Å². The van der Waals surface area contributed by atoms with Crippen molar-refractivity contribution in [3.05, 3.63) is 22.2 Å². The van der Waals surface area contributed by atoms with Crippen molar-refractivity contribution >= 4 is 28.7 Å². The zero-order chi connectivity index (χ0) is 13.4. The van der Waals surface area contributed by atoms with Crippen LogP contribution in [-0.4, -0.2) is 36.5 Å². The summed E-state index contributed by atoms with van der Waals surface area (Å²) in [6.07, 6.45) is 1.01. The first-order valence-electron chi connectivity index (χ1n) is 4.71. The molecule has 0 atom stereocenters. The number of hydrogen-bond acceptors (Lipinski definition) is 8. The number of nitrogens with two attached hydrogens (primary N) is 1. The molecule has 92 valence electrons. The van der Waals surface area contributed by atoms with E-state index in [1.165, 1.54) is 0 Å². The largest absolute Gasteiger partial charge is 0.422 e. The number of fused-ring (bicyclic) bond motifs is 1. The van der Waals surface area contributed by atoms with Gasteiger partial charge >= 0.3 is 5.56 Å². The maximum Gasteiger partial charge on any atom is 0.316 e. The Balaban J connectivity index is 2.76. The van der Waals surface area contributed by atoms with Crippen LogP contribution in [0.3, 0.4) is 0 Å². The molecular formula is C9H7N5O4. The van der Waals surface area contributed by atoms with Crippen molar-refractivity contribution in [1.82, 2.24) is 19.7 Å². The number of carbonyl (C=O) groups is 2. The quantitative estimate of drug-likeness (QED) is 0.383. The minimum absolute atomic E-state index is 0.0824. The monoisotopic (exact) mass is 249 g/mol. The molecule has 2 aromatic rings. The van der Waals surface area contributed by atoms with Crippen molar-refractivity contribution in [2.45, 2.75) is 6.92 Å². The Morgan fingerprint density at radius 1 is 1.39 bits per heavy atom. The van der Waals surface area contributed by atoms with Crippen molar-refractivity contribution in [3.8, 4) is 0 Å². The first kappa shape index (κ1) is 11.6. The maximum absolute atomic E-state index is 11.6. The summed E-state index contributed by atoms with van der Waals surface area (Å²) in [5.41, 5.74) is 3.51. The van der Waals surface area contributed by atoms with E-state index < -0.39 is 23.1 Å². The van der Waals surface area contributed by atoms with E-state index in [2.05, 4.69) is 15.0 Å². The topological polar surface area (TPSA) is 141 Å². The van der Waals surface area contributed by atoms with Gasteiger partial charge in [0.15, 0.2) is 11.2 Å². The zero-order valence-electron chi connectivity index (χ0n) is 9.12. The summed E-state index contributed by atoms with van der Waals surface area (Å²) in [6, 6.07) is 0. The van der Waals surface area contributed by atoms with E-state index in [9.17, 15) is 19.6 Å². The number of nitrogens with zero attached hydrogens (tertiary/aromatic N) is 4. The third-order valence-corrected chi connectivity index (χ3v) is 2.14. The van der Waals surface area contributed by atoms with E-state index >= 15 is 0 Å². The van der Waals surface area contributed by atoms with E-state index in [0.717, 1.165) is 13.1 Å². The molecule has 0 amide bonds. The standard InChI is InChI=1S/C9H7N5O4/c1-3(15)6(16)4-2-11-7-5(12-4)8(17)14(18)9(10)13-7/h2,18H,1H3,(H2,10,11,13). The van der Waals surface area contributed by atoms with Gasteiger partial charge in [0.2, 0.25) is 17.5 Å². The van der Waals surface area contributed by atoms with Crippen LogP contribution in [-0.2, 0) is 4.79 Å². The molecule has 0 spiro atoms. The second-order valence-corrected chi connectivity index (χ2v) is 3.40. The van der Waals surface area contributed by atoms with E-state index in [0.29, 0.717) is 0 Å². The molecule has 18 heavy (non-hydrogen) atoms. The molecule has 0 radical (unpaired) electrons. The predicted molar refractivity (Wildman–Crippen MR) is 58.2 cm³/mol. The molecular weight excluding hydrogens is 242 g/mol. The summed E-state index contributed by atoms with van der Waals surface area (Å²) in [7, 11) is 0. The molecule has 0 aromatic carbocycles. The van der Waals surface area contributed by atoms with Crippen LogP contribution in [0, 0.1) is 0 Å². The van der Waals surface area contributed by atoms with Crippen LogP contribution >= 0.6 is 0 Å². The summed E-state index contributed by atoms with van der Waals surface area (Å²) >= 11 is 0. The third kappa shape index (κ3) is 1.67. The van der Waals surface area contributed by atoms with E-state index in [4.69, 9.17) is 5.73 Å². The molecule has 2 aromatic heterocycles. The molecule has 0 unspecified atom stereocenters. The second kappa shape index (κ2) is 3.87. The number of rotatable bonds is 2. The zero-order valence-corrected chi connectivity index (χ0v) is 9.12. The SMILES string of the molecule is CC(=O)C(=O)c1cnc2nc(N)n(O)c(=O)c2n1. The molecule has 2 rings (SSSR count). The van der Waals surface area contributed by atoms with Gasteiger partial charge in [-0.05, 0) is 0 Å². The van der Waals surface area contributed by atoms with Crippen LogP contribution in [0.15, 0.2) is 11.0 Å². The van der Waals surface area contributed by atoms with Crippen molar-refractivity contribution in [2.75, 3.05) is 5.73 Å². The first-order valence-corrected chi connectivity index (χ1v) is 4.71. The van der Waals surface area contributed by atoms with Gasteiger partial charge in [-0.2, -0.15) is 4.98 Å². The normalized spacial score (nSPS) is 10.5. The second-order valence-electron chi connectivity index (χ2n) is 3.40. The van der Waals surface area contributed by atoms with E-state index in [1.54, 1.807) is 0 Å². The average Bonchev–Trinajstić information content (AvgIpc) is 2.35. The number of anilines is 1. The molecule has 0 aliphatic carbocycles. The lowest BCUT2D eigenvalue weighted by Crippen LogP contribution is -2.24. The fourth-order valence-corrected chi connectivity index (χ4v) is 1.26. The summed E-state index contributed by atoms with van der Waals surface area (Å²) in [5.74, 6) is -2.08. The molecule has 0 fully saturated rings. The molecule has 0 saturated heterocycles. The van der Waals surface area contributed by atoms with Gasteiger partial charge in [0.05, 0.1) is 6.20 Å². The van der Waals surface area contributed by atoms with Crippen LogP contribution in [0.1, 0.15) is 17.4 Å². The molecule has 9 nitrogen and oxygen atoms in total. The number of Topliss-reactive ketones (excluding diaryl/α,β-unsaturated/α-hetero) is 2. The minimum atomic E-state index is -0.969. The van der Waals surface area contributed by atoms with Gasteiger partial charge in [-0.1, -0.05) is 0 Å². The van der Waals surface area contributed by atoms with Gasteiger partial charge in [-0.25, -0.2) is 9.97 Å². The maximum atomic E-state index is 11.6. The van der Waals surface area contributed by atoms with Crippen LogP contribution in [0.25, 0.3) is 11.2 Å². The van der Waals surface area contributed by atoms with Gasteiger partial charge < -0.3 is 10.9 Å². The highest BCUT2D eigenvalue weighted by atomic mass is 16.5. The average molecular weight is 249 g/mol. The van der Waals surface area contributed by atoms with Gasteiger partial charge in [0, 0.05) is 6.92 Å². The fraction of sp³-hybridized carbons (Fsp3) is 0.111. The van der Waals surface area contributed by atoms with Crippen LogP contribution in [0.5, 0.6) is 0 Å². The molecule has 0 aliphatic rings. The lowest BCUT2D eigenvalue weighted by Gasteiger charge is -2.02. The highest BCUT2D eigenvalue weighted by Crippen LogP contribution is 2.05. The Labute approximate surface area is 98.9 Å². The number of hydrogen-bond donors (Lipinski definition) is 2. The number of carbonyl (C=O) groups excluding carboxylic acids is 2. The van der Waals surface area contributed by atoms with Crippen LogP contribution in [0.4, 0.5) is 5.95 Å². The first-order chi connectivity index (χ1) is 8.41. The molecule has 3 N–H and O–H groups in total. The number of ketones is 2. The lowest BCUT2D eigenvalue weighted by atomic mass is 10.2. The summed E-state index contributed by atoms with van der Waals surface area (Å²) in [5, 5.41) is 9.24. The Kier molecular flexibility index (Phi) is 2.51. The highest BCUT2D eigenvalue weighted by molar-refractivity contribution is 6.42. The summed E-state index contributed by atoms with van der Waals surface area (Å²) in [4.78, 5) is 44.8. The van der Waals surface area contributed by atoms with E-state index in [-0.39, 0.29) is 21.6 Å². The Morgan fingerprint density at radius 3 is 2.67 bits per heavy atom. The summed E-state index contributed by atoms with van der Waals surface area (Å²) < 4.78 is 0.0824. The summed E-state index contributed by atoms with van der Waals surface area (Å²) in [6.45, 7) is 1.07.